The molecule has 0 atom stereocenters. The predicted octanol–water partition coefficient (Wildman–Crippen LogP) is -3.70. The van der Waals surface area contributed by atoms with Crippen LogP contribution in [0.15, 0.2) is 77.4 Å². The van der Waals surface area contributed by atoms with Crippen molar-refractivity contribution in [3.05, 3.63) is 94.6 Å². The smallest absolute Gasteiger partial charge is 1.00 e. The van der Waals surface area contributed by atoms with E-state index in [1.807, 2.05) is 0 Å². The van der Waals surface area contributed by atoms with Crippen molar-refractivity contribution in [1.29, 1.82) is 0 Å². The van der Waals surface area contributed by atoms with Gasteiger partial charge in [0, 0.05) is 0 Å². The van der Waals surface area contributed by atoms with E-state index >= 15 is 0 Å². The summed E-state index contributed by atoms with van der Waals surface area (Å²) in [6.07, 6.45) is 4.45. The van der Waals surface area contributed by atoms with Gasteiger partial charge in [0.25, 0.3) is 0 Å². The van der Waals surface area contributed by atoms with Crippen molar-refractivity contribution in [1.82, 2.24) is 0 Å². The first-order valence-electron chi connectivity index (χ1n) is 7.14. The van der Waals surface area contributed by atoms with Crippen LogP contribution in [0.25, 0.3) is 0 Å². The zero-order valence-corrected chi connectivity index (χ0v) is 17.5. The summed E-state index contributed by atoms with van der Waals surface area (Å²) in [4.78, 5) is 0. The zero-order valence-electron chi connectivity index (χ0n) is 13.7. The second-order valence-corrected chi connectivity index (χ2v) is 5.43. The quantitative estimate of drug-likeness (QED) is 0.359. The summed E-state index contributed by atoms with van der Waals surface area (Å²) in [5, 5.41) is 0. The molecule has 0 aliphatic heterocycles. The summed E-state index contributed by atoms with van der Waals surface area (Å²) in [7, 11) is 0. The van der Waals surface area contributed by atoms with Gasteiger partial charge < -0.3 is 37.2 Å². The molecule has 0 saturated heterocycles. The molecule has 0 bridgehead atoms. The molecule has 2 aromatic rings. The van der Waals surface area contributed by atoms with E-state index in [1.54, 1.807) is 0 Å². The first kappa shape index (κ1) is 25.7. The van der Waals surface area contributed by atoms with E-state index in [9.17, 15) is 0 Å². The third kappa shape index (κ3) is 5.51. The van der Waals surface area contributed by atoms with Gasteiger partial charge in [0.05, 0.1) is 0 Å². The van der Waals surface area contributed by atoms with Crippen molar-refractivity contribution in [2.45, 2.75) is 26.2 Å². The molecule has 0 saturated carbocycles. The molecule has 0 heterocycles. The molecule has 1 aliphatic carbocycles. The normalized spacial score (nSPS) is 12.4. The second-order valence-electron chi connectivity index (χ2n) is 5.43. The molecule has 0 aromatic heterocycles. The van der Waals surface area contributed by atoms with Crippen LogP contribution in [-0.4, -0.2) is 0 Å². The Morgan fingerprint density at radius 2 is 1.17 bits per heavy atom. The molecule has 1 aliphatic rings. The maximum absolute atomic E-state index is 3.48. The Hall–Kier alpha value is -0.496. The molecule has 0 N–H and O–H groups in total. The van der Waals surface area contributed by atoms with Gasteiger partial charge >= 0.3 is 21.7 Å². The molecule has 3 rings (SSSR count). The van der Waals surface area contributed by atoms with Crippen LogP contribution in [0.5, 0.6) is 0 Å². The van der Waals surface area contributed by atoms with Gasteiger partial charge in [0.2, 0.25) is 0 Å². The molecule has 124 valence electrons. The van der Waals surface area contributed by atoms with Crippen molar-refractivity contribution in [2.75, 3.05) is 0 Å². The van der Waals surface area contributed by atoms with Gasteiger partial charge in [-0.2, -0.15) is 11.1 Å². The summed E-state index contributed by atoms with van der Waals surface area (Å²) >= 11 is 0. The molecule has 24 heavy (non-hydrogen) atoms. The Balaban J connectivity index is 0. The summed E-state index contributed by atoms with van der Waals surface area (Å²) < 4.78 is 0. The Labute approximate surface area is 178 Å². The van der Waals surface area contributed by atoms with E-state index in [0.717, 1.165) is 6.42 Å². The number of benzene rings is 2. The van der Waals surface area contributed by atoms with Crippen molar-refractivity contribution in [3.63, 3.8) is 0 Å². The van der Waals surface area contributed by atoms with Crippen molar-refractivity contribution in [2.24, 2.45) is 0 Å². The van der Waals surface area contributed by atoms with Crippen LogP contribution in [0, 0.1) is 6.08 Å². The molecular weight excluding hydrogens is 394 g/mol. The first-order valence-corrected chi connectivity index (χ1v) is 7.14. The van der Waals surface area contributed by atoms with Gasteiger partial charge in [-0.05, 0) is 5.92 Å². The standard InChI is InChI=1S/C20H19.3ClH.Ti/c1-15-13-14-16(2)19(15)20(17-9-5-3-6-10-17)18-11-7-4-8-12-18;;;;/h3-12,20H,13H2,1-2H3;3*1H;/q-1;;;;+4/p-3. The molecular formula is C20H19Cl3Ti. The molecule has 0 nitrogen and oxygen atoms in total. The maximum atomic E-state index is 3.48. The Bertz CT molecular complexity index is 624. The van der Waals surface area contributed by atoms with E-state index in [0.29, 0.717) is 5.92 Å². The molecule has 0 unspecified atom stereocenters. The minimum atomic E-state index is 0. The van der Waals surface area contributed by atoms with Crippen LogP contribution >= 0.6 is 0 Å². The van der Waals surface area contributed by atoms with Crippen LogP contribution < -0.4 is 37.2 Å². The van der Waals surface area contributed by atoms with Crippen molar-refractivity contribution < 1.29 is 58.9 Å². The Morgan fingerprint density at radius 3 is 1.50 bits per heavy atom. The minimum absolute atomic E-state index is 0. The van der Waals surface area contributed by atoms with E-state index in [1.165, 1.54) is 27.8 Å². The van der Waals surface area contributed by atoms with E-state index < -0.39 is 0 Å². The average molecular weight is 414 g/mol. The molecule has 0 fully saturated rings. The fourth-order valence-corrected chi connectivity index (χ4v) is 3.06. The van der Waals surface area contributed by atoms with Crippen LogP contribution in [0.2, 0.25) is 0 Å². The SMILES string of the molecule is CC1=[C-]CC(C)=C1C(c1ccccc1)c1ccccc1.[Cl-].[Cl-].[Cl-].[Ti+4]. The van der Waals surface area contributed by atoms with E-state index in [2.05, 4.69) is 80.6 Å². The predicted molar refractivity (Wildman–Crippen MR) is 84.5 cm³/mol. The monoisotopic (exact) mass is 412 g/mol. The van der Waals surface area contributed by atoms with E-state index in [-0.39, 0.29) is 58.9 Å². The largest absolute Gasteiger partial charge is 4.00 e. The Kier molecular flexibility index (Phi) is 12.8. The fraction of sp³-hybridized carbons (Fsp3) is 0.200. The first-order chi connectivity index (χ1) is 9.77. The number of rotatable bonds is 3. The van der Waals surface area contributed by atoms with Crippen molar-refractivity contribution >= 4 is 0 Å². The molecule has 0 spiro atoms. The van der Waals surface area contributed by atoms with Gasteiger partial charge in [0.15, 0.2) is 0 Å². The summed E-state index contributed by atoms with van der Waals surface area (Å²) in [5.74, 6) is 0.326. The third-order valence-electron chi connectivity index (χ3n) is 4.04. The van der Waals surface area contributed by atoms with Crippen molar-refractivity contribution in [3.8, 4) is 0 Å². The second kappa shape index (κ2) is 12.0. The van der Waals surface area contributed by atoms with Gasteiger partial charge in [-0.3, -0.25) is 6.08 Å². The van der Waals surface area contributed by atoms with Crippen LogP contribution in [0.3, 0.4) is 0 Å². The topological polar surface area (TPSA) is 0 Å². The number of hydrogen-bond acceptors (Lipinski definition) is 0. The van der Waals surface area contributed by atoms with Gasteiger partial charge in [-0.15, -0.1) is 6.42 Å². The molecule has 2 aromatic carbocycles. The zero-order chi connectivity index (χ0) is 13.9. The Morgan fingerprint density at radius 1 is 0.750 bits per heavy atom. The maximum Gasteiger partial charge on any atom is 4.00 e. The third-order valence-corrected chi connectivity index (χ3v) is 4.04. The number of allylic oxidation sites excluding steroid dienone is 4. The van der Waals surface area contributed by atoms with E-state index in [4.69, 9.17) is 0 Å². The summed E-state index contributed by atoms with van der Waals surface area (Å²) in [6.45, 7) is 4.42. The summed E-state index contributed by atoms with van der Waals surface area (Å²) in [6, 6.07) is 21.6. The number of halogens is 3. The minimum Gasteiger partial charge on any atom is -1.00 e. The molecule has 0 radical (unpaired) electrons. The van der Waals surface area contributed by atoms with Gasteiger partial charge in [-0.25, -0.2) is 5.57 Å². The summed E-state index contributed by atoms with van der Waals surface area (Å²) in [5.41, 5.74) is 6.91. The van der Waals surface area contributed by atoms with Crippen LogP contribution in [-0.2, 0) is 21.7 Å². The molecule has 4 heteroatoms. The molecule has 0 amide bonds. The van der Waals surface area contributed by atoms with Crippen LogP contribution in [0.1, 0.15) is 37.3 Å². The van der Waals surface area contributed by atoms with Gasteiger partial charge in [0.1, 0.15) is 0 Å². The fourth-order valence-electron chi connectivity index (χ4n) is 3.06. The van der Waals surface area contributed by atoms with Gasteiger partial charge in [-0.1, -0.05) is 85.6 Å². The average Bonchev–Trinajstić information content (AvgIpc) is 2.82. The number of hydrogen-bond donors (Lipinski definition) is 0. The van der Waals surface area contributed by atoms with Crippen LogP contribution in [0.4, 0.5) is 0 Å².